The SMILES string of the molecule is O=c1oc2cc(OCc3ccccc3)ccc2n(O)c1=O. The maximum absolute atomic E-state index is 11.3. The van der Waals surface area contributed by atoms with E-state index in [0.29, 0.717) is 12.4 Å². The van der Waals surface area contributed by atoms with Crippen molar-refractivity contribution < 1.29 is 14.4 Å². The van der Waals surface area contributed by atoms with Crippen molar-refractivity contribution >= 4 is 11.1 Å². The molecule has 0 aliphatic rings. The van der Waals surface area contributed by atoms with Crippen LogP contribution in [0.1, 0.15) is 5.56 Å². The summed E-state index contributed by atoms with van der Waals surface area (Å²) in [5.74, 6) is 0.466. The van der Waals surface area contributed by atoms with Crippen LogP contribution < -0.4 is 15.9 Å². The maximum atomic E-state index is 11.3. The predicted octanol–water partition coefficient (Wildman–Crippen LogP) is 1.77. The lowest BCUT2D eigenvalue weighted by molar-refractivity contribution is 0.181. The van der Waals surface area contributed by atoms with E-state index in [0.717, 1.165) is 5.56 Å². The first kappa shape index (κ1) is 13.0. The van der Waals surface area contributed by atoms with Gasteiger partial charge in [0.05, 0.1) is 0 Å². The number of ether oxygens (including phenoxy) is 1. The second kappa shape index (κ2) is 5.16. The molecule has 1 heterocycles. The van der Waals surface area contributed by atoms with Gasteiger partial charge in [-0.05, 0) is 17.7 Å². The van der Waals surface area contributed by atoms with Gasteiger partial charge in [0.15, 0.2) is 5.58 Å². The fourth-order valence-corrected chi connectivity index (χ4v) is 1.92. The van der Waals surface area contributed by atoms with Crippen LogP contribution in [0.25, 0.3) is 11.1 Å². The molecule has 2 aromatic carbocycles. The highest BCUT2D eigenvalue weighted by Gasteiger charge is 2.09. The van der Waals surface area contributed by atoms with Crippen LogP contribution in [0.4, 0.5) is 0 Å². The number of benzene rings is 2. The molecule has 0 saturated carbocycles. The first-order chi connectivity index (χ1) is 10.1. The first-order valence-electron chi connectivity index (χ1n) is 6.21. The van der Waals surface area contributed by atoms with Crippen LogP contribution in [0, 0.1) is 0 Å². The summed E-state index contributed by atoms with van der Waals surface area (Å²) < 4.78 is 10.7. The molecule has 0 bridgehead atoms. The number of hydrogen-bond donors (Lipinski definition) is 1. The van der Waals surface area contributed by atoms with Crippen molar-refractivity contribution in [2.75, 3.05) is 0 Å². The minimum atomic E-state index is -1.13. The van der Waals surface area contributed by atoms with E-state index in [9.17, 15) is 14.8 Å². The van der Waals surface area contributed by atoms with Crippen molar-refractivity contribution in [2.24, 2.45) is 0 Å². The monoisotopic (exact) mass is 285 g/mol. The first-order valence-corrected chi connectivity index (χ1v) is 6.21. The molecule has 6 heteroatoms. The van der Waals surface area contributed by atoms with E-state index in [1.54, 1.807) is 6.07 Å². The second-order valence-electron chi connectivity index (χ2n) is 4.41. The van der Waals surface area contributed by atoms with Crippen LogP contribution in [0.5, 0.6) is 5.75 Å². The Morgan fingerprint density at radius 3 is 2.62 bits per heavy atom. The van der Waals surface area contributed by atoms with Crippen LogP contribution in [-0.4, -0.2) is 9.94 Å². The lowest BCUT2D eigenvalue weighted by Crippen LogP contribution is -2.32. The molecule has 0 aliphatic carbocycles. The lowest BCUT2D eigenvalue weighted by Gasteiger charge is -2.07. The van der Waals surface area contributed by atoms with Gasteiger partial charge in [0.25, 0.3) is 0 Å². The number of nitrogens with zero attached hydrogens (tertiary/aromatic N) is 1. The molecule has 0 saturated heterocycles. The third kappa shape index (κ3) is 2.51. The minimum absolute atomic E-state index is 0.0765. The van der Waals surface area contributed by atoms with Gasteiger partial charge in [-0.15, -0.1) is 4.73 Å². The van der Waals surface area contributed by atoms with E-state index in [2.05, 4.69) is 0 Å². The summed E-state index contributed by atoms with van der Waals surface area (Å²) in [4.78, 5) is 22.5. The molecule has 0 radical (unpaired) electrons. The number of rotatable bonds is 3. The molecule has 0 aliphatic heterocycles. The van der Waals surface area contributed by atoms with Gasteiger partial charge in [-0.2, -0.15) is 0 Å². The van der Waals surface area contributed by atoms with E-state index in [4.69, 9.17) is 9.15 Å². The van der Waals surface area contributed by atoms with Gasteiger partial charge < -0.3 is 14.4 Å². The zero-order valence-corrected chi connectivity index (χ0v) is 10.9. The average molecular weight is 285 g/mol. The molecule has 0 spiro atoms. The van der Waals surface area contributed by atoms with Crippen LogP contribution in [0.15, 0.2) is 62.5 Å². The van der Waals surface area contributed by atoms with Crippen LogP contribution in [-0.2, 0) is 6.61 Å². The van der Waals surface area contributed by atoms with E-state index < -0.39 is 11.2 Å². The summed E-state index contributed by atoms with van der Waals surface area (Å²) in [5, 5.41) is 9.54. The molecule has 21 heavy (non-hydrogen) atoms. The standard InChI is InChI=1S/C15H11NO5/c17-14-15(18)21-13-8-11(6-7-12(13)16(14)19)20-9-10-4-2-1-3-5-10/h1-8,19H,9H2. The fraction of sp³-hybridized carbons (Fsp3) is 0.0667. The Morgan fingerprint density at radius 2 is 1.86 bits per heavy atom. The van der Waals surface area contributed by atoms with Crippen molar-refractivity contribution in [3.63, 3.8) is 0 Å². The van der Waals surface area contributed by atoms with Crippen molar-refractivity contribution in [1.82, 2.24) is 4.73 Å². The summed E-state index contributed by atoms with van der Waals surface area (Å²) in [7, 11) is 0. The summed E-state index contributed by atoms with van der Waals surface area (Å²) in [6, 6.07) is 14.0. The summed E-state index contributed by atoms with van der Waals surface area (Å²) >= 11 is 0. The van der Waals surface area contributed by atoms with Crippen LogP contribution in [0.2, 0.25) is 0 Å². The molecular weight excluding hydrogens is 274 g/mol. The van der Waals surface area contributed by atoms with Gasteiger partial charge in [-0.25, -0.2) is 4.79 Å². The second-order valence-corrected chi connectivity index (χ2v) is 4.41. The zero-order valence-electron chi connectivity index (χ0n) is 10.9. The molecule has 6 nitrogen and oxygen atoms in total. The van der Waals surface area contributed by atoms with Gasteiger partial charge >= 0.3 is 11.2 Å². The molecule has 3 aromatic rings. The zero-order chi connectivity index (χ0) is 14.8. The van der Waals surface area contributed by atoms with Gasteiger partial charge in [0.1, 0.15) is 17.9 Å². The summed E-state index contributed by atoms with van der Waals surface area (Å²) in [5.41, 5.74) is -1.09. The van der Waals surface area contributed by atoms with Gasteiger partial charge in [0.2, 0.25) is 0 Å². The Labute approximate surface area is 118 Å². The predicted molar refractivity (Wildman–Crippen MR) is 74.7 cm³/mol. The highest BCUT2D eigenvalue weighted by atomic mass is 16.5. The Hall–Kier alpha value is -3.02. The Morgan fingerprint density at radius 1 is 1.10 bits per heavy atom. The summed E-state index contributed by atoms with van der Waals surface area (Å²) in [6.45, 7) is 0.356. The molecule has 0 atom stereocenters. The topological polar surface area (TPSA) is 81.7 Å². The molecule has 106 valence electrons. The van der Waals surface area contributed by atoms with E-state index in [1.165, 1.54) is 12.1 Å². The molecular formula is C15H11NO5. The molecule has 1 N–H and O–H groups in total. The maximum Gasteiger partial charge on any atom is 0.405 e. The van der Waals surface area contributed by atoms with Crippen LogP contribution in [0.3, 0.4) is 0 Å². The fourth-order valence-electron chi connectivity index (χ4n) is 1.92. The molecule has 0 unspecified atom stereocenters. The number of hydrogen-bond acceptors (Lipinski definition) is 5. The molecule has 1 aromatic heterocycles. The number of fused-ring (bicyclic) bond motifs is 1. The van der Waals surface area contributed by atoms with E-state index in [-0.39, 0.29) is 15.8 Å². The van der Waals surface area contributed by atoms with Gasteiger partial charge in [0, 0.05) is 6.07 Å². The van der Waals surface area contributed by atoms with Crippen molar-refractivity contribution in [1.29, 1.82) is 0 Å². The number of aromatic nitrogens is 1. The quantitative estimate of drug-likeness (QED) is 0.586. The van der Waals surface area contributed by atoms with Crippen molar-refractivity contribution in [2.45, 2.75) is 6.61 Å². The van der Waals surface area contributed by atoms with Crippen molar-refractivity contribution in [3.8, 4) is 5.75 Å². The normalized spacial score (nSPS) is 10.7. The lowest BCUT2D eigenvalue weighted by atomic mass is 10.2. The molecule has 3 rings (SSSR count). The average Bonchev–Trinajstić information content (AvgIpc) is 2.51. The largest absolute Gasteiger partial charge is 0.489 e. The Balaban J connectivity index is 1.93. The summed E-state index contributed by atoms with van der Waals surface area (Å²) in [6.07, 6.45) is 0. The Bertz CT molecular complexity index is 895. The third-order valence-corrected chi connectivity index (χ3v) is 2.98. The van der Waals surface area contributed by atoms with E-state index in [1.807, 2.05) is 30.3 Å². The Kier molecular flexibility index (Phi) is 3.19. The minimum Gasteiger partial charge on any atom is -0.489 e. The third-order valence-electron chi connectivity index (χ3n) is 2.98. The van der Waals surface area contributed by atoms with E-state index >= 15 is 0 Å². The highest BCUT2D eigenvalue weighted by molar-refractivity contribution is 5.73. The molecule has 0 amide bonds. The van der Waals surface area contributed by atoms with Gasteiger partial charge in [-0.3, -0.25) is 4.79 Å². The van der Waals surface area contributed by atoms with Crippen LogP contribution >= 0.6 is 0 Å². The highest BCUT2D eigenvalue weighted by Crippen LogP contribution is 2.19. The van der Waals surface area contributed by atoms with Gasteiger partial charge in [-0.1, -0.05) is 30.3 Å². The molecule has 0 fully saturated rings. The smallest absolute Gasteiger partial charge is 0.405 e. The van der Waals surface area contributed by atoms with Crippen molar-refractivity contribution in [3.05, 3.63) is 74.9 Å².